The molecule has 0 aliphatic carbocycles. The molecule has 0 spiro atoms. The van der Waals surface area contributed by atoms with Gasteiger partial charge < -0.3 is 20.4 Å². The lowest BCUT2D eigenvalue weighted by atomic mass is 9.79. The Morgan fingerprint density at radius 2 is 2.15 bits per heavy atom. The minimum absolute atomic E-state index is 0.202. The van der Waals surface area contributed by atoms with E-state index in [0.717, 1.165) is 5.56 Å². The molecule has 27 heavy (non-hydrogen) atoms. The number of rotatable bonds is 4. The van der Waals surface area contributed by atoms with Crippen molar-refractivity contribution in [3.8, 4) is 11.4 Å². The SMILES string of the molecule is Cc1nnc(-c2cc(N)cnc2S(=O)(=O)Nc2ccc3c(c2)B(O)OC3)[nH]1. The number of hydrogen-bond donors (Lipinski definition) is 4. The molecule has 0 saturated carbocycles. The second kappa shape index (κ2) is 6.34. The minimum atomic E-state index is -4.06. The molecule has 4 rings (SSSR count). The number of nitrogen functional groups attached to an aromatic ring is 1. The topological polar surface area (TPSA) is 156 Å². The summed E-state index contributed by atoms with van der Waals surface area (Å²) in [5.41, 5.74) is 7.85. The number of benzene rings is 1. The molecule has 0 atom stereocenters. The zero-order valence-corrected chi connectivity index (χ0v) is 15.0. The highest BCUT2D eigenvalue weighted by atomic mass is 32.2. The first-order chi connectivity index (χ1) is 12.8. The first-order valence-corrected chi connectivity index (χ1v) is 9.42. The lowest BCUT2D eigenvalue weighted by Gasteiger charge is -2.11. The second-order valence-corrected chi connectivity index (χ2v) is 7.66. The van der Waals surface area contributed by atoms with Crippen LogP contribution in [0.1, 0.15) is 11.4 Å². The van der Waals surface area contributed by atoms with Gasteiger partial charge in [-0.15, -0.1) is 10.2 Å². The summed E-state index contributed by atoms with van der Waals surface area (Å²) < 4.78 is 33.4. The molecule has 0 saturated heterocycles. The van der Waals surface area contributed by atoms with E-state index in [4.69, 9.17) is 10.4 Å². The maximum absolute atomic E-state index is 12.9. The van der Waals surface area contributed by atoms with E-state index >= 15 is 0 Å². The van der Waals surface area contributed by atoms with Gasteiger partial charge in [0, 0.05) is 5.69 Å². The van der Waals surface area contributed by atoms with Crippen molar-refractivity contribution >= 4 is 34.0 Å². The van der Waals surface area contributed by atoms with Crippen LogP contribution in [0.5, 0.6) is 0 Å². The van der Waals surface area contributed by atoms with E-state index in [1.807, 2.05) is 0 Å². The van der Waals surface area contributed by atoms with Gasteiger partial charge in [-0.05, 0) is 36.1 Å². The standard InChI is InChI=1S/C15H15BN6O4S/c1-8-19-14(21-20-8)12-4-10(17)6-18-15(12)27(24,25)22-11-3-2-9-7-26-16(23)13(9)5-11/h2-6,22-23H,7,17H2,1H3,(H,19,20,21). The van der Waals surface area contributed by atoms with E-state index in [0.29, 0.717) is 11.3 Å². The number of sulfonamides is 1. The van der Waals surface area contributed by atoms with Crippen molar-refractivity contribution in [2.24, 2.45) is 0 Å². The van der Waals surface area contributed by atoms with E-state index in [9.17, 15) is 13.4 Å². The largest absolute Gasteiger partial charge is 0.491 e. The predicted molar refractivity (Wildman–Crippen MR) is 98.4 cm³/mol. The molecule has 5 N–H and O–H groups in total. The fourth-order valence-corrected chi connectivity index (χ4v) is 3.97. The number of hydrogen-bond acceptors (Lipinski definition) is 8. The quantitative estimate of drug-likeness (QED) is 0.448. The van der Waals surface area contributed by atoms with E-state index < -0.39 is 17.1 Å². The van der Waals surface area contributed by atoms with Gasteiger partial charge in [-0.2, -0.15) is 8.42 Å². The first-order valence-electron chi connectivity index (χ1n) is 7.94. The van der Waals surface area contributed by atoms with Crippen molar-refractivity contribution in [2.75, 3.05) is 10.5 Å². The number of pyridine rings is 1. The number of H-pyrrole nitrogens is 1. The average Bonchev–Trinajstić information content (AvgIpc) is 3.21. The zero-order chi connectivity index (χ0) is 19.2. The fraction of sp³-hybridized carbons (Fsp3) is 0.133. The highest BCUT2D eigenvalue weighted by Crippen LogP contribution is 2.27. The number of nitrogens with two attached hydrogens (primary N) is 1. The summed E-state index contributed by atoms with van der Waals surface area (Å²) in [4.78, 5) is 6.86. The molecule has 0 amide bonds. The van der Waals surface area contributed by atoms with Gasteiger partial charge in [0.05, 0.1) is 24.1 Å². The van der Waals surface area contributed by atoms with Gasteiger partial charge in [-0.25, -0.2) is 4.98 Å². The molecule has 3 heterocycles. The van der Waals surface area contributed by atoms with Gasteiger partial charge >= 0.3 is 7.12 Å². The Labute approximate surface area is 155 Å². The minimum Gasteiger partial charge on any atom is -0.423 e. The van der Waals surface area contributed by atoms with Gasteiger partial charge in [0.25, 0.3) is 10.0 Å². The molecule has 1 aromatic carbocycles. The number of aryl methyl sites for hydroxylation is 1. The van der Waals surface area contributed by atoms with Crippen molar-refractivity contribution in [3.63, 3.8) is 0 Å². The molecule has 1 aliphatic rings. The Balaban J connectivity index is 1.74. The smallest absolute Gasteiger partial charge is 0.423 e. The highest BCUT2D eigenvalue weighted by molar-refractivity contribution is 7.92. The number of fused-ring (bicyclic) bond motifs is 1. The summed E-state index contributed by atoms with van der Waals surface area (Å²) in [6, 6.07) is 6.27. The van der Waals surface area contributed by atoms with Crippen LogP contribution >= 0.6 is 0 Å². The van der Waals surface area contributed by atoms with Crippen LogP contribution < -0.4 is 15.9 Å². The summed E-state index contributed by atoms with van der Waals surface area (Å²) in [7, 11) is -5.14. The zero-order valence-electron chi connectivity index (χ0n) is 14.2. The number of aromatic amines is 1. The Morgan fingerprint density at radius 1 is 1.33 bits per heavy atom. The van der Waals surface area contributed by atoms with E-state index in [-0.39, 0.29) is 34.4 Å². The van der Waals surface area contributed by atoms with E-state index in [2.05, 4.69) is 24.9 Å². The number of anilines is 2. The first kappa shape index (κ1) is 17.5. The van der Waals surface area contributed by atoms with Crippen LogP contribution in [0.2, 0.25) is 0 Å². The monoisotopic (exact) mass is 386 g/mol. The third-order valence-electron chi connectivity index (χ3n) is 4.04. The van der Waals surface area contributed by atoms with Crippen LogP contribution in [-0.4, -0.2) is 40.7 Å². The van der Waals surface area contributed by atoms with Gasteiger partial charge in [0.2, 0.25) is 0 Å². The maximum atomic E-state index is 12.9. The van der Waals surface area contributed by atoms with Crippen LogP contribution in [0.3, 0.4) is 0 Å². The molecule has 2 aromatic heterocycles. The fourth-order valence-electron chi connectivity index (χ4n) is 2.80. The molecule has 0 bridgehead atoms. The number of aromatic nitrogens is 4. The van der Waals surface area contributed by atoms with Gasteiger partial charge in [-0.3, -0.25) is 4.72 Å². The maximum Gasteiger partial charge on any atom is 0.491 e. The van der Waals surface area contributed by atoms with Crippen LogP contribution in [-0.2, 0) is 21.3 Å². The normalized spacial score (nSPS) is 13.6. The molecule has 0 radical (unpaired) electrons. The third kappa shape index (κ3) is 3.25. The molecule has 0 unspecified atom stereocenters. The summed E-state index contributed by atoms with van der Waals surface area (Å²) in [5, 5.41) is 17.3. The Bertz CT molecular complexity index is 1130. The number of nitrogens with one attached hydrogen (secondary N) is 2. The molecular formula is C15H15BN6O4S. The Morgan fingerprint density at radius 3 is 2.89 bits per heavy atom. The summed E-state index contributed by atoms with van der Waals surface area (Å²) in [6.45, 7) is 1.97. The van der Waals surface area contributed by atoms with Gasteiger partial charge in [0.1, 0.15) is 5.82 Å². The number of nitrogens with zero attached hydrogens (tertiary/aromatic N) is 3. The van der Waals surface area contributed by atoms with Crippen molar-refractivity contribution in [3.05, 3.63) is 41.9 Å². The Kier molecular flexibility index (Phi) is 4.10. The summed E-state index contributed by atoms with van der Waals surface area (Å²) in [5.74, 6) is 0.766. The van der Waals surface area contributed by atoms with Crippen LogP contribution in [0.15, 0.2) is 35.5 Å². The van der Waals surface area contributed by atoms with Gasteiger partial charge in [0.15, 0.2) is 10.9 Å². The van der Waals surface area contributed by atoms with Crippen molar-refractivity contribution < 1.29 is 18.1 Å². The van der Waals surface area contributed by atoms with Crippen molar-refractivity contribution in [2.45, 2.75) is 18.6 Å². The van der Waals surface area contributed by atoms with Crippen molar-refractivity contribution in [1.82, 2.24) is 20.2 Å². The van der Waals surface area contributed by atoms with Crippen molar-refractivity contribution in [1.29, 1.82) is 0 Å². The second-order valence-electron chi connectivity index (χ2n) is 6.06. The Hall–Kier alpha value is -2.96. The highest BCUT2D eigenvalue weighted by Gasteiger charge is 2.29. The van der Waals surface area contributed by atoms with Crippen LogP contribution in [0.4, 0.5) is 11.4 Å². The predicted octanol–water partition coefficient (Wildman–Crippen LogP) is -0.224. The molecule has 10 nitrogen and oxygen atoms in total. The van der Waals surface area contributed by atoms with Crippen LogP contribution in [0, 0.1) is 6.92 Å². The third-order valence-corrected chi connectivity index (χ3v) is 5.38. The molecule has 1 aliphatic heterocycles. The van der Waals surface area contributed by atoms with Gasteiger partial charge in [-0.1, -0.05) is 6.07 Å². The molecule has 12 heteroatoms. The summed E-state index contributed by atoms with van der Waals surface area (Å²) in [6.07, 6.45) is 1.25. The summed E-state index contributed by atoms with van der Waals surface area (Å²) >= 11 is 0. The lowest BCUT2D eigenvalue weighted by Crippen LogP contribution is -2.28. The molecule has 3 aromatic rings. The lowest BCUT2D eigenvalue weighted by molar-refractivity contribution is 0.275. The van der Waals surface area contributed by atoms with E-state index in [1.165, 1.54) is 18.3 Å². The van der Waals surface area contributed by atoms with E-state index in [1.54, 1.807) is 19.1 Å². The molecule has 138 valence electrons. The average molecular weight is 386 g/mol. The molecule has 0 fully saturated rings. The molecular weight excluding hydrogens is 371 g/mol. The van der Waals surface area contributed by atoms with Crippen LogP contribution in [0.25, 0.3) is 11.4 Å².